The van der Waals surface area contributed by atoms with Gasteiger partial charge in [0, 0.05) is 15.1 Å². The Morgan fingerprint density at radius 3 is 2.69 bits per heavy atom. The first-order valence-electron chi connectivity index (χ1n) is 8.03. The zero-order chi connectivity index (χ0) is 18.1. The fraction of sp³-hybridized carbons (Fsp3) is 0.158. The van der Waals surface area contributed by atoms with Crippen LogP contribution in [0, 0.1) is 0 Å². The monoisotopic (exact) mass is 368 g/mol. The number of hydrogen-bond acceptors (Lipinski definition) is 6. The minimum absolute atomic E-state index is 0.206. The summed E-state index contributed by atoms with van der Waals surface area (Å²) in [5.41, 5.74) is 0.662. The lowest BCUT2D eigenvalue weighted by Crippen LogP contribution is -2.24. The number of nitrogens with zero attached hydrogens (tertiary/aromatic N) is 2. The number of benzene rings is 2. The molecule has 0 bridgehead atoms. The maximum absolute atomic E-state index is 12.3. The van der Waals surface area contributed by atoms with Gasteiger partial charge in [0.05, 0.1) is 13.7 Å². The molecule has 0 fully saturated rings. The Labute approximate surface area is 152 Å². The molecule has 26 heavy (non-hydrogen) atoms. The van der Waals surface area contributed by atoms with Gasteiger partial charge in [0.25, 0.3) is 0 Å². The van der Waals surface area contributed by atoms with Crippen molar-refractivity contribution in [3.63, 3.8) is 0 Å². The molecule has 0 saturated heterocycles. The highest BCUT2D eigenvalue weighted by molar-refractivity contribution is 7.19. The Kier molecular flexibility index (Phi) is 4.32. The average Bonchev–Trinajstić information content (AvgIpc) is 3.27. The number of hydrogen-bond donors (Lipinski definition) is 1. The second-order valence-electron chi connectivity index (χ2n) is 5.73. The summed E-state index contributed by atoms with van der Waals surface area (Å²) in [6.45, 7) is -0.249. The van der Waals surface area contributed by atoms with Crippen molar-refractivity contribution in [1.82, 2.24) is 9.78 Å². The Hall–Kier alpha value is -2.90. The van der Waals surface area contributed by atoms with Gasteiger partial charge >= 0.3 is 5.76 Å². The highest BCUT2D eigenvalue weighted by Crippen LogP contribution is 2.31. The SMILES string of the molecule is COc1ccc(-c2nn(C(CO)c3cc4ccccc4s3)c(=O)o2)cc1. The van der Waals surface area contributed by atoms with Crippen LogP contribution in [0.15, 0.2) is 63.8 Å². The third-order valence-corrected chi connectivity index (χ3v) is 5.37. The summed E-state index contributed by atoms with van der Waals surface area (Å²) in [5, 5.41) is 15.2. The normalized spacial score (nSPS) is 12.4. The number of aromatic nitrogens is 2. The first-order chi connectivity index (χ1) is 12.7. The van der Waals surface area contributed by atoms with Crippen molar-refractivity contribution in [2.45, 2.75) is 6.04 Å². The lowest BCUT2D eigenvalue weighted by molar-refractivity contribution is 0.237. The summed E-state index contributed by atoms with van der Waals surface area (Å²) >= 11 is 1.53. The van der Waals surface area contributed by atoms with E-state index in [-0.39, 0.29) is 12.5 Å². The van der Waals surface area contributed by atoms with Crippen LogP contribution in [0.1, 0.15) is 10.9 Å². The predicted octanol–water partition coefficient (Wildman–Crippen LogP) is 3.31. The van der Waals surface area contributed by atoms with Gasteiger partial charge in [-0.05, 0) is 41.8 Å². The molecule has 7 heteroatoms. The molecular weight excluding hydrogens is 352 g/mol. The fourth-order valence-electron chi connectivity index (χ4n) is 2.79. The molecule has 132 valence electrons. The predicted molar refractivity (Wildman–Crippen MR) is 99.8 cm³/mol. The molecule has 1 atom stereocenters. The fourth-order valence-corrected chi connectivity index (χ4v) is 3.93. The number of aliphatic hydroxyl groups is 1. The summed E-state index contributed by atoms with van der Waals surface area (Å²) in [7, 11) is 1.58. The van der Waals surface area contributed by atoms with Gasteiger partial charge in [0.15, 0.2) is 0 Å². The van der Waals surface area contributed by atoms with Crippen LogP contribution < -0.4 is 10.5 Å². The number of methoxy groups -OCH3 is 1. The van der Waals surface area contributed by atoms with E-state index in [9.17, 15) is 9.90 Å². The maximum Gasteiger partial charge on any atom is 0.438 e. The summed E-state index contributed by atoms with van der Waals surface area (Å²) in [6.07, 6.45) is 0. The minimum Gasteiger partial charge on any atom is -0.497 e. The third-order valence-electron chi connectivity index (χ3n) is 4.15. The smallest absolute Gasteiger partial charge is 0.438 e. The van der Waals surface area contributed by atoms with Gasteiger partial charge in [-0.15, -0.1) is 16.4 Å². The average molecular weight is 368 g/mol. The second kappa shape index (κ2) is 6.78. The number of aliphatic hydroxyl groups excluding tert-OH is 1. The molecule has 1 unspecified atom stereocenters. The Morgan fingerprint density at radius 2 is 2.00 bits per heavy atom. The van der Waals surface area contributed by atoms with Crippen molar-refractivity contribution in [1.29, 1.82) is 0 Å². The summed E-state index contributed by atoms with van der Waals surface area (Å²) in [4.78, 5) is 13.2. The van der Waals surface area contributed by atoms with Crippen LogP contribution in [0.4, 0.5) is 0 Å². The van der Waals surface area contributed by atoms with E-state index in [4.69, 9.17) is 9.15 Å². The molecule has 0 amide bonds. The third kappa shape index (κ3) is 2.91. The van der Waals surface area contributed by atoms with Gasteiger partial charge in [0.1, 0.15) is 11.8 Å². The van der Waals surface area contributed by atoms with E-state index in [1.165, 1.54) is 16.0 Å². The number of ether oxygens (including phenoxy) is 1. The molecule has 0 saturated carbocycles. The summed E-state index contributed by atoms with van der Waals surface area (Å²) < 4.78 is 12.7. The molecule has 2 heterocycles. The van der Waals surface area contributed by atoms with Crippen LogP contribution in [0.25, 0.3) is 21.5 Å². The first kappa shape index (κ1) is 16.6. The molecule has 0 aliphatic rings. The van der Waals surface area contributed by atoms with Crippen molar-refractivity contribution in [2.24, 2.45) is 0 Å². The Bertz CT molecular complexity index is 1060. The molecule has 0 spiro atoms. The van der Waals surface area contributed by atoms with Crippen molar-refractivity contribution in [2.75, 3.05) is 13.7 Å². The standard InChI is InChI=1S/C19H16N2O4S/c1-24-14-8-6-12(7-9-14)18-20-21(19(23)25-18)15(11-22)17-10-13-4-2-3-5-16(13)26-17/h2-10,15,22H,11H2,1H3. The van der Waals surface area contributed by atoms with Crippen molar-refractivity contribution >= 4 is 21.4 Å². The van der Waals surface area contributed by atoms with Gasteiger partial charge in [0.2, 0.25) is 5.89 Å². The number of rotatable bonds is 5. The van der Waals surface area contributed by atoms with Crippen LogP contribution in [0.2, 0.25) is 0 Å². The lowest BCUT2D eigenvalue weighted by atomic mass is 10.2. The largest absolute Gasteiger partial charge is 0.497 e. The van der Waals surface area contributed by atoms with Gasteiger partial charge < -0.3 is 14.3 Å². The quantitative estimate of drug-likeness (QED) is 0.585. The van der Waals surface area contributed by atoms with Gasteiger partial charge in [-0.1, -0.05) is 18.2 Å². The van der Waals surface area contributed by atoms with Crippen LogP contribution >= 0.6 is 11.3 Å². The van der Waals surface area contributed by atoms with Crippen molar-refractivity contribution in [3.05, 3.63) is 70.0 Å². The molecule has 2 aromatic carbocycles. The Morgan fingerprint density at radius 1 is 1.23 bits per heavy atom. The summed E-state index contributed by atoms with van der Waals surface area (Å²) in [6, 6.07) is 16.4. The van der Waals surface area contributed by atoms with E-state index in [1.807, 2.05) is 30.3 Å². The molecule has 6 nitrogen and oxygen atoms in total. The zero-order valence-corrected chi connectivity index (χ0v) is 14.8. The van der Waals surface area contributed by atoms with Crippen molar-refractivity contribution < 1.29 is 14.3 Å². The van der Waals surface area contributed by atoms with E-state index in [2.05, 4.69) is 5.10 Å². The molecule has 1 N–H and O–H groups in total. The van der Waals surface area contributed by atoms with E-state index < -0.39 is 11.8 Å². The van der Waals surface area contributed by atoms with E-state index in [0.29, 0.717) is 11.3 Å². The molecule has 0 aliphatic heterocycles. The summed E-state index contributed by atoms with van der Waals surface area (Å²) in [5.74, 6) is 0.304. The van der Waals surface area contributed by atoms with Crippen LogP contribution in [0.3, 0.4) is 0 Å². The molecule has 4 aromatic rings. The second-order valence-corrected chi connectivity index (χ2v) is 6.85. The highest BCUT2D eigenvalue weighted by Gasteiger charge is 2.22. The maximum atomic E-state index is 12.3. The molecule has 0 aliphatic carbocycles. The first-order valence-corrected chi connectivity index (χ1v) is 8.84. The molecular formula is C19H16N2O4S. The van der Waals surface area contributed by atoms with Gasteiger partial charge in [-0.3, -0.25) is 0 Å². The van der Waals surface area contributed by atoms with Gasteiger partial charge in [-0.2, -0.15) is 4.68 Å². The van der Waals surface area contributed by atoms with E-state index in [1.54, 1.807) is 31.4 Å². The Balaban J connectivity index is 1.73. The van der Waals surface area contributed by atoms with Crippen LogP contribution in [-0.4, -0.2) is 28.6 Å². The zero-order valence-electron chi connectivity index (χ0n) is 14.0. The van der Waals surface area contributed by atoms with Gasteiger partial charge in [-0.25, -0.2) is 4.79 Å². The molecule has 0 radical (unpaired) electrons. The molecule has 2 aromatic heterocycles. The minimum atomic E-state index is -0.604. The lowest BCUT2D eigenvalue weighted by Gasteiger charge is -2.10. The molecule has 4 rings (SSSR count). The van der Waals surface area contributed by atoms with Crippen LogP contribution in [0.5, 0.6) is 5.75 Å². The number of thiophene rings is 1. The van der Waals surface area contributed by atoms with Crippen LogP contribution in [-0.2, 0) is 0 Å². The highest BCUT2D eigenvalue weighted by atomic mass is 32.1. The van der Waals surface area contributed by atoms with Crippen molar-refractivity contribution in [3.8, 4) is 17.2 Å². The number of fused-ring (bicyclic) bond motifs is 1. The topological polar surface area (TPSA) is 77.5 Å². The van der Waals surface area contributed by atoms with E-state index >= 15 is 0 Å². The van der Waals surface area contributed by atoms with E-state index in [0.717, 1.165) is 15.0 Å².